The van der Waals surface area contributed by atoms with Crippen molar-refractivity contribution in [1.29, 1.82) is 0 Å². The van der Waals surface area contributed by atoms with Crippen molar-refractivity contribution in [3.63, 3.8) is 0 Å². The molecule has 20 heavy (non-hydrogen) atoms. The number of carboxylic acid groups (broad SMARTS) is 1. The third kappa shape index (κ3) is 2.51. The number of hydrogen-bond acceptors (Lipinski definition) is 4. The molecular weight excluding hydrogens is 260 g/mol. The van der Waals surface area contributed by atoms with Gasteiger partial charge in [-0.3, -0.25) is 9.48 Å². The Morgan fingerprint density at radius 2 is 2.00 bits per heavy atom. The lowest BCUT2D eigenvalue weighted by Crippen LogP contribution is -2.14. The molecule has 2 heterocycles. The van der Waals surface area contributed by atoms with E-state index < -0.39 is 5.97 Å². The second-order valence-corrected chi connectivity index (χ2v) is 4.36. The van der Waals surface area contributed by atoms with Gasteiger partial charge in [-0.2, -0.15) is 5.10 Å². The standard InChI is InChI=1S/C13H14N4O3/c1-7-11(8(2)17(3)16-7)12(18)15-9-4-5-10(13(19)20)14-6-9/h4-6H,1-3H3,(H,15,18)(H,19,20). The van der Waals surface area contributed by atoms with Gasteiger partial charge in [0.05, 0.1) is 23.1 Å². The van der Waals surface area contributed by atoms with Gasteiger partial charge in [0, 0.05) is 12.7 Å². The predicted octanol–water partition coefficient (Wildman–Crippen LogP) is 1.38. The molecular formula is C13H14N4O3. The Bertz CT molecular complexity index is 674. The van der Waals surface area contributed by atoms with Gasteiger partial charge in [-0.25, -0.2) is 9.78 Å². The Labute approximate surface area is 115 Å². The molecule has 0 saturated heterocycles. The number of aryl methyl sites for hydroxylation is 2. The van der Waals surface area contributed by atoms with Crippen LogP contribution in [0.15, 0.2) is 18.3 Å². The molecule has 2 rings (SSSR count). The summed E-state index contributed by atoms with van der Waals surface area (Å²) in [5, 5.41) is 15.6. The Kier molecular flexibility index (Phi) is 3.51. The van der Waals surface area contributed by atoms with Crippen molar-refractivity contribution in [3.05, 3.63) is 41.0 Å². The molecule has 0 saturated carbocycles. The second-order valence-electron chi connectivity index (χ2n) is 4.36. The first-order valence-corrected chi connectivity index (χ1v) is 5.91. The highest BCUT2D eigenvalue weighted by atomic mass is 16.4. The van der Waals surface area contributed by atoms with Crippen LogP contribution < -0.4 is 5.32 Å². The number of pyridine rings is 1. The number of anilines is 1. The first kappa shape index (κ1) is 13.7. The van der Waals surface area contributed by atoms with Crippen molar-refractivity contribution in [2.45, 2.75) is 13.8 Å². The zero-order valence-electron chi connectivity index (χ0n) is 11.3. The van der Waals surface area contributed by atoms with Crippen LogP contribution in [-0.4, -0.2) is 31.7 Å². The minimum atomic E-state index is -1.11. The van der Waals surface area contributed by atoms with Crippen molar-refractivity contribution in [3.8, 4) is 0 Å². The summed E-state index contributed by atoms with van der Waals surface area (Å²) in [6.07, 6.45) is 1.31. The number of hydrogen-bond donors (Lipinski definition) is 2. The Morgan fingerprint density at radius 1 is 1.30 bits per heavy atom. The van der Waals surface area contributed by atoms with Crippen molar-refractivity contribution in [2.24, 2.45) is 7.05 Å². The molecule has 0 spiro atoms. The number of carbonyl (C=O) groups excluding carboxylic acids is 1. The van der Waals surface area contributed by atoms with Gasteiger partial charge in [-0.15, -0.1) is 0 Å². The monoisotopic (exact) mass is 274 g/mol. The summed E-state index contributed by atoms with van der Waals surface area (Å²) in [5.74, 6) is -1.40. The van der Waals surface area contributed by atoms with Crippen molar-refractivity contribution >= 4 is 17.6 Å². The van der Waals surface area contributed by atoms with E-state index in [1.807, 2.05) is 0 Å². The number of rotatable bonds is 3. The molecule has 2 N–H and O–H groups in total. The smallest absolute Gasteiger partial charge is 0.354 e. The SMILES string of the molecule is Cc1nn(C)c(C)c1C(=O)Nc1ccc(C(=O)O)nc1. The van der Waals surface area contributed by atoms with E-state index in [1.54, 1.807) is 25.6 Å². The summed E-state index contributed by atoms with van der Waals surface area (Å²) < 4.78 is 1.63. The van der Waals surface area contributed by atoms with E-state index in [0.29, 0.717) is 16.9 Å². The number of nitrogens with zero attached hydrogens (tertiary/aromatic N) is 3. The Hall–Kier alpha value is -2.70. The highest BCUT2D eigenvalue weighted by Gasteiger charge is 2.17. The van der Waals surface area contributed by atoms with Crippen LogP contribution in [0.5, 0.6) is 0 Å². The van der Waals surface area contributed by atoms with Crippen LogP contribution in [0.3, 0.4) is 0 Å². The maximum absolute atomic E-state index is 12.2. The molecule has 7 nitrogen and oxygen atoms in total. The lowest BCUT2D eigenvalue weighted by atomic mass is 10.2. The third-order valence-electron chi connectivity index (χ3n) is 2.98. The first-order chi connectivity index (χ1) is 9.40. The van der Waals surface area contributed by atoms with E-state index in [2.05, 4.69) is 15.4 Å². The number of amides is 1. The summed E-state index contributed by atoms with van der Waals surface area (Å²) in [5.41, 5.74) is 2.27. The number of aromatic carboxylic acids is 1. The van der Waals surface area contributed by atoms with E-state index in [0.717, 1.165) is 5.69 Å². The predicted molar refractivity (Wildman–Crippen MR) is 71.8 cm³/mol. The molecule has 2 aromatic heterocycles. The van der Waals surface area contributed by atoms with Crippen molar-refractivity contribution in [1.82, 2.24) is 14.8 Å². The fraction of sp³-hybridized carbons (Fsp3) is 0.231. The molecule has 0 bridgehead atoms. The molecule has 7 heteroatoms. The lowest BCUT2D eigenvalue weighted by molar-refractivity contribution is 0.0690. The van der Waals surface area contributed by atoms with Crippen LogP contribution in [0.2, 0.25) is 0 Å². The molecule has 2 aromatic rings. The van der Waals surface area contributed by atoms with E-state index in [-0.39, 0.29) is 11.6 Å². The van der Waals surface area contributed by atoms with E-state index in [9.17, 15) is 9.59 Å². The summed E-state index contributed by atoms with van der Waals surface area (Å²) in [4.78, 5) is 26.6. The highest BCUT2D eigenvalue weighted by molar-refractivity contribution is 6.05. The topological polar surface area (TPSA) is 97.1 Å². The first-order valence-electron chi connectivity index (χ1n) is 5.91. The minimum absolute atomic E-state index is 0.0725. The molecule has 0 aliphatic rings. The van der Waals surface area contributed by atoms with Gasteiger partial charge >= 0.3 is 5.97 Å². The maximum Gasteiger partial charge on any atom is 0.354 e. The van der Waals surface area contributed by atoms with Crippen LogP contribution in [-0.2, 0) is 7.05 Å². The average molecular weight is 274 g/mol. The van der Waals surface area contributed by atoms with Crippen LogP contribution in [0.25, 0.3) is 0 Å². The molecule has 0 atom stereocenters. The number of nitrogens with one attached hydrogen (secondary N) is 1. The van der Waals surface area contributed by atoms with Crippen molar-refractivity contribution < 1.29 is 14.7 Å². The van der Waals surface area contributed by atoms with Crippen LogP contribution in [0.1, 0.15) is 32.2 Å². The zero-order chi connectivity index (χ0) is 14.9. The van der Waals surface area contributed by atoms with Gasteiger partial charge in [-0.1, -0.05) is 0 Å². The molecule has 0 aliphatic heterocycles. The van der Waals surface area contributed by atoms with E-state index >= 15 is 0 Å². The van der Waals surface area contributed by atoms with Crippen LogP contribution in [0.4, 0.5) is 5.69 Å². The summed E-state index contributed by atoms with van der Waals surface area (Å²) in [6, 6.07) is 2.83. The fourth-order valence-corrected chi connectivity index (χ4v) is 1.89. The summed E-state index contributed by atoms with van der Waals surface area (Å²) in [7, 11) is 1.77. The summed E-state index contributed by atoms with van der Waals surface area (Å²) >= 11 is 0. The molecule has 1 amide bonds. The van der Waals surface area contributed by atoms with Gasteiger partial charge in [0.15, 0.2) is 0 Å². The van der Waals surface area contributed by atoms with Crippen LogP contribution in [0, 0.1) is 13.8 Å². The Morgan fingerprint density at radius 3 is 2.45 bits per heavy atom. The molecule has 0 fully saturated rings. The van der Waals surface area contributed by atoms with E-state index in [1.165, 1.54) is 18.3 Å². The van der Waals surface area contributed by atoms with Gasteiger partial charge in [0.2, 0.25) is 0 Å². The Balaban J connectivity index is 2.21. The molecule has 0 aliphatic carbocycles. The molecule has 0 unspecified atom stereocenters. The largest absolute Gasteiger partial charge is 0.477 e. The fourth-order valence-electron chi connectivity index (χ4n) is 1.89. The van der Waals surface area contributed by atoms with Gasteiger partial charge in [-0.05, 0) is 26.0 Å². The van der Waals surface area contributed by atoms with Gasteiger partial charge in [0.25, 0.3) is 5.91 Å². The zero-order valence-corrected chi connectivity index (χ0v) is 11.3. The lowest BCUT2D eigenvalue weighted by Gasteiger charge is -2.05. The second kappa shape index (κ2) is 5.12. The summed E-state index contributed by atoms with van der Waals surface area (Å²) in [6.45, 7) is 3.56. The third-order valence-corrected chi connectivity index (χ3v) is 2.98. The molecule has 0 radical (unpaired) electrons. The average Bonchev–Trinajstić information content (AvgIpc) is 2.63. The number of carboxylic acids is 1. The minimum Gasteiger partial charge on any atom is -0.477 e. The number of carbonyl (C=O) groups is 2. The maximum atomic E-state index is 12.2. The molecule has 104 valence electrons. The normalized spacial score (nSPS) is 10.3. The van der Waals surface area contributed by atoms with Crippen molar-refractivity contribution in [2.75, 3.05) is 5.32 Å². The van der Waals surface area contributed by atoms with Gasteiger partial charge < -0.3 is 10.4 Å². The quantitative estimate of drug-likeness (QED) is 0.881. The number of aromatic nitrogens is 3. The van der Waals surface area contributed by atoms with E-state index in [4.69, 9.17) is 5.11 Å². The molecule has 0 aromatic carbocycles. The highest BCUT2D eigenvalue weighted by Crippen LogP contribution is 2.15. The van der Waals surface area contributed by atoms with Crippen LogP contribution >= 0.6 is 0 Å². The van der Waals surface area contributed by atoms with Gasteiger partial charge in [0.1, 0.15) is 5.69 Å².